The molecule has 4 N–H and O–H groups in total. The van der Waals surface area contributed by atoms with Crippen LogP contribution in [-0.4, -0.2) is 63.5 Å². The Labute approximate surface area is 268 Å². The van der Waals surface area contributed by atoms with Gasteiger partial charge in [-0.2, -0.15) is 14.3 Å². The third-order valence-corrected chi connectivity index (χ3v) is 11.1. The minimum atomic E-state index is -3.50. The SMILES string of the molecule is Cl.Cl.NC1CCC(Nc2nc(NC3CCN(S(=O)(=O)c4ccc(I)cc4)CC3)c3ncn(C4CCCC4)c3n2)CC1. The van der Waals surface area contributed by atoms with Gasteiger partial charge in [0.15, 0.2) is 17.0 Å². The van der Waals surface area contributed by atoms with Crippen molar-refractivity contribution >= 4 is 80.4 Å². The van der Waals surface area contributed by atoms with E-state index in [4.69, 9.17) is 20.7 Å². The average molecular weight is 738 g/mol. The molecule has 0 radical (unpaired) electrons. The molecule has 0 amide bonds. The van der Waals surface area contributed by atoms with E-state index in [1.807, 2.05) is 18.5 Å². The largest absolute Gasteiger partial charge is 0.365 e. The zero-order chi connectivity index (χ0) is 27.0. The third kappa shape index (κ3) is 7.20. The lowest BCUT2D eigenvalue weighted by atomic mass is 9.92. The molecule has 3 fully saturated rings. The molecule has 3 aliphatic rings. The van der Waals surface area contributed by atoms with Crippen molar-refractivity contribution in [3.05, 3.63) is 34.2 Å². The Bertz CT molecular complexity index is 1400. The van der Waals surface area contributed by atoms with E-state index < -0.39 is 10.0 Å². The van der Waals surface area contributed by atoms with Gasteiger partial charge in [0.2, 0.25) is 16.0 Å². The number of hydrogen-bond acceptors (Lipinski definition) is 8. The Morgan fingerprint density at radius 1 is 0.854 bits per heavy atom. The summed E-state index contributed by atoms with van der Waals surface area (Å²) in [5.41, 5.74) is 7.78. The predicted octanol–water partition coefficient (Wildman–Crippen LogP) is 5.34. The first-order valence-electron chi connectivity index (χ1n) is 14.2. The van der Waals surface area contributed by atoms with Crippen LogP contribution in [0.5, 0.6) is 0 Å². The van der Waals surface area contributed by atoms with Crippen LogP contribution in [0.3, 0.4) is 0 Å². The molecular weight excluding hydrogens is 698 g/mol. The van der Waals surface area contributed by atoms with E-state index in [2.05, 4.69) is 37.8 Å². The van der Waals surface area contributed by atoms with Gasteiger partial charge in [0.05, 0.1) is 11.2 Å². The monoisotopic (exact) mass is 736 g/mol. The van der Waals surface area contributed by atoms with Crippen LogP contribution >= 0.6 is 47.4 Å². The molecule has 6 rings (SSSR count). The minimum absolute atomic E-state index is 0. The van der Waals surface area contributed by atoms with Crippen LogP contribution in [0.1, 0.15) is 70.3 Å². The highest BCUT2D eigenvalue weighted by molar-refractivity contribution is 14.1. The fourth-order valence-corrected chi connectivity index (χ4v) is 8.00. The number of halogens is 3. The molecule has 1 aromatic carbocycles. The molecular formula is C27H39Cl2IN8O2S. The van der Waals surface area contributed by atoms with Gasteiger partial charge >= 0.3 is 0 Å². The normalized spacial score (nSPS) is 22.7. The van der Waals surface area contributed by atoms with Crippen molar-refractivity contribution in [1.82, 2.24) is 23.8 Å². The number of anilines is 2. The first-order valence-corrected chi connectivity index (χ1v) is 16.7. The topological polar surface area (TPSA) is 131 Å². The van der Waals surface area contributed by atoms with Gasteiger partial charge in [-0.1, -0.05) is 12.8 Å². The second-order valence-electron chi connectivity index (χ2n) is 11.2. The van der Waals surface area contributed by atoms with Gasteiger partial charge in [0.1, 0.15) is 0 Å². The fraction of sp³-hybridized carbons (Fsp3) is 0.593. The van der Waals surface area contributed by atoms with Crippen LogP contribution in [0.2, 0.25) is 0 Å². The number of benzene rings is 1. The van der Waals surface area contributed by atoms with E-state index in [1.54, 1.807) is 16.4 Å². The highest BCUT2D eigenvalue weighted by Crippen LogP contribution is 2.34. The molecule has 0 unspecified atom stereocenters. The molecule has 2 aliphatic carbocycles. The summed E-state index contributed by atoms with van der Waals surface area (Å²) >= 11 is 2.19. The van der Waals surface area contributed by atoms with Gasteiger partial charge in [0.25, 0.3) is 0 Å². The Balaban J connectivity index is 0.00000194. The summed E-state index contributed by atoms with van der Waals surface area (Å²) in [4.78, 5) is 15.0. The first kappa shape index (κ1) is 32.5. The molecule has 10 nitrogen and oxygen atoms in total. The van der Waals surface area contributed by atoms with E-state index >= 15 is 0 Å². The number of nitrogens with two attached hydrogens (primary N) is 1. The van der Waals surface area contributed by atoms with Crippen LogP contribution in [-0.2, 0) is 10.0 Å². The number of sulfonamides is 1. The van der Waals surface area contributed by atoms with Crippen LogP contribution in [0.15, 0.2) is 35.5 Å². The van der Waals surface area contributed by atoms with E-state index in [-0.39, 0.29) is 36.9 Å². The second kappa shape index (κ2) is 13.9. The van der Waals surface area contributed by atoms with Crippen LogP contribution in [0, 0.1) is 3.57 Å². The van der Waals surface area contributed by atoms with Crippen LogP contribution < -0.4 is 16.4 Å². The zero-order valence-corrected chi connectivity index (χ0v) is 27.5. The number of rotatable bonds is 7. The quantitative estimate of drug-likeness (QED) is 0.278. The van der Waals surface area contributed by atoms with Crippen molar-refractivity contribution in [2.24, 2.45) is 5.73 Å². The van der Waals surface area contributed by atoms with E-state index in [0.717, 1.165) is 59.1 Å². The molecule has 226 valence electrons. The lowest BCUT2D eigenvalue weighted by Crippen LogP contribution is -2.42. The summed E-state index contributed by atoms with van der Waals surface area (Å²) in [6.45, 7) is 0.925. The van der Waals surface area contributed by atoms with Gasteiger partial charge in [-0.05, 0) is 98.2 Å². The summed E-state index contributed by atoms with van der Waals surface area (Å²) in [6, 6.07) is 8.17. The molecule has 14 heteroatoms. The van der Waals surface area contributed by atoms with E-state index in [1.165, 1.54) is 12.8 Å². The average Bonchev–Trinajstić information content (AvgIpc) is 3.61. The van der Waals surface area contributed by atoms with Crippen molar-refractivity contribution < 1.29 is 8.42 Å². The standard InChI is InChI=1S/C27H37IN8O2S.2ClH/c28-18-5-11-23(12-6-18)39(37,38)35-15-13-21(14-16-35)31-25-24-26(36(17-30-24)22-3-1-2-4-22)34-27(33-25)32-20-9-7-19(29)8-10-20;;/h5-6,11-12,17,19-22H,1-4,7-10,13-16,29H2,(H2,31,32,33,34);2*1H. The highest BCUT2D eigenvalue weighted by atomic mass is 127. The third-order valence-electron chi connectivity index (χ3n) is 8.49. The van der Waals surface area contributed by atoms with Crippen LogP contribution in [0.25, 0.3) is 11.2 Å². The Morgan fingerprint density at radius 3 is 2.15 bits per heavy atom. The van der Waals surface area contributed by atoms with E-state index in [0.29, 0.717) is 48.9 Å². The minimum Gasteiger partial charge on any atom is -0.365 e. The Morgan fingerprint density at radius 2 is 1.49 bits per heavy atom. The van der Waals surface area contributed by atoms with Gasteiger partial charge < -0.3 is 20.9 Å². The first-order chi connectivity index (χ1) is 18.9. The number of aromatic nitrogens is 4. The second-order valence-corrected chi connectivity index (χ2v) is 14.4. The molecule has 0 bridgehead atoms. The molecule has 3 aromatic rings. The molecule has 0 atom stereocenters. The zero-order valence-electron chi connectivity index (χ0n) is 22.9. The van der Waals surface area contributed by atoms with Crippen molar-refractivity contribution in [3.8, 4) is 0 Å². The van der Waals surface area contributed by atoms with Crippen LogP contribution in [0.4, 0.5) is 11.8 Å². The van der Waals surface area contributed by atoms with Crippen molar-refractivity contribution in [2.45, 2.75) is 93.3 Å². The summed E-state index contributed by atoms with van der Waals surface area (Å²) in [6.07, 6.45) is 12.1. The number of piperidine rings is 1. The number of fused-ring (bicyclic) bond motifs is 1. The molecule has 1 aliphatic heterocycles. The van der Waals surface area contributed by atoms with Crippen molar-refractivity contribution in [3.63, 3.8) is 0 Å². The number of nitrogens with zero attached hydrogens (tertiary/aromatic N) is 5. The lowest BCUT2D eigenvalue weighted by Gasteiger charge is -2.32. The highest BCUT2D eigenvalue weighted by Gasteiger charge is 2.31. The molecule has 3 heterocycles. The summed E-state index contributed by atoms with van der Waals surface area (Å²) in [7, 11) is -3.50. The Kier molecular flexibility index (Phi) is 11.0. The van der Waals surface area contributed by atoms with Gasteiger partial charge in [-0.25, -0.2) is 13.4 Å². The van der Waals surface area contributed by atoms with Crippen molar-refractivity contribution in [1.29, 1.82) is 0 Å². The summed E-state index contributed by atoms with van der Waals surface area (Å²) in [5, 5.41) is 7.20. The van der Waals surface area contributed by atoms with Gasteiger partial charge in [0, 0.05) is 40.8 Å². The molecule has 41 heavy (non-hydrogen) atoms. The maximum atomic E-state index is 13.2. The smallest absolute Gasteiger partial charge is 0.243 e. The van der Waals surface area contributed by atoms with Gasteiger partial charge in [-0.15, -0.1) is 24.8 Å². The van der Waals surface area contributed by atoms with Gasteiger partial charge in [-0.3, -0.25) is 0 Å². The number of nitrogens with one attached hydrogen (secondary N) is 2. The summed E-state index contributed by atoms with van der Waals surface area (Å²) in [5.74, 6) is 1.36. The molecule has 0 spiro atoms. The molecule has 2 aromatic heterocycles. The van der Waals surface area contributed by atoms with Crippen molar-refractivity contribution in [2.75, 3.05) is 23.7 Å². The molecule has 2 saturated carbocycles. The maximum Gasteiger partial charge on any atom is 0.243 e. The maximum absolute atomic E-state index is 13.2. The molecule has 1 saturated heterocycles. The number of hydrogen-bond donors (Lipinski definition) is 3. The predicted molar refractivity (Wildman–Crippen MR) is 176 cm³/mol. The summed E-state index contributed by atoms with van der Waals surface area (Å²) < 4.78 is 31.2. The fourth-order valence-electron chi connectivity index (χ4n) is 6.17. The Hall–Kier alpha value is -1.45. The lowest BCUT2D eigenvalue weighted by molar-refractivity contribution is 0.329. The number of imidazole rings is 1. The van der Waals surface area contributed by atoms with E-state index in [9.17, 15) is 8.42 Å².